The summed E-state index contributed by atoms with van der Waals surface area (Å²) in [7, 11) is 0. The van der Waals surface area contributed by atoms with Gasteiger partial charge in [-0.3, -0.25) is 14.4 Å². The molecular weight excluding hydrogens is 242 g/mol. The molecule has 0 radical (unpaired) electrons. The number of aliphatic carboxylic acids is 1. The molecule has 5 N–H and O–H groups in total. The van der Waals surface area contributed by atoms with E-state index in [-0.39, 0.29) is 18.9 Å². The Hall–Kier alpha value is -2.12. The fourth-order valence-electron chi connectivity index (χ4n) is 1.65. The summed E-state index contributed by atoms with van der Waals surface area (Å²) in [5.74, 6) is -3.23. The Morgan fingerprint density at radius 3 is 2.61 bits per heavy atom. The number of carboxylic acids is 1. The number of nitrogens with two attached hydrogens (primary N) is 1. The number of hydrogen-bond acceptors (Lipinski definition) is 4. The van der Waals surface area contributed by atoms with Crippen molar-refractivity contribution in [1.29, 1.82) is 0 Å². The summed E-state index contributed by atoms with van der Waals surface area (Å²) in [5.41, 5.74) is 4.89. The van der Waals surface area contributed by atoms with E-state index in [0.717, 1.165) is 0 Å². The van der Waals surface area contributed by atoms with Crippen LogP contribution in [0.1, 0.15) is 19.3 Å². The van der Waals surface area contributed by atoms with Gasteiger partial charge in [0.05, 0.1) is 12.3 Å². The van der Waals surface area contributed by atoms with E-state index in [1.807, 2.05) is 0 Å². The summed E-state index contributed by atoms with van der Waals surface area (Å²) in [6, 6.07) is -1.33. The second-order valence-corrected chi connectivity index (χ2v) is 4.11. The van der Waals surface area contributed by atoms with Crippen molar-refractivity contribution in [2.45, 2.75) is 25.3 Å². The molecule has 1 aliphatic rings. The van der Waals surface area contributed by atoms with Crippen LogP contribution >= 0.6 is 0 Å². The number of carbonyl (C=O) groups excluding carboxylic acids is 3. The second-order valence-electron chi connectivity index (χ2n) is 4.11. The van der Waals surface area contributed by atoms with Gasteiger partial charge in [0, 0.05) is 13.0 Å². The van der Waals surface area contributed by atoms with Crippen LogP contribution in [0.4, 0.5) is 0 Å². The van der Waals surface area contributed by atoms with Crippen LogP contribution in [0.15, 0.2) is 0 Å². The van der Waals surface area contributed by atoms with E-state index in [2.05, 4.69) is 10.6 Å². The second kappa shape index (κ2) is 5.99. The third-order valence-corrected chi connectivity index (χ3v) is 2.66. The highest BCUT2D eigenvalue weighted by Crippen LogP contribution is 2.11. The van der Waals surface area contributed by atoms with E-state index in [4.69, 9.17) is 10.8 Å². The van der Waals surface area contributed by atoms with Gasteiger partial charge in [-0.1, -0.05) is 0 Å². The SMILES string of the molecule is NC(=O)C[C@H](NC(=O)C1CCC(=O)NC1)C(=O)O. The van der Waals surface area contributed by atoms with Crippen molar-refractivity contribution in [3.05, 3.63) is 0 Å². The van der Waals surface area contributed by atoms with Gasteiger partial charge >= 0.3 is 5.97 Å². The average Bonchev–Trinajstić information content (AvgIpc) is 2.28. The zero-order chi connectivity index (χ0) is 13.7. The largest absolute Gasteiger partial charge is 0.480 e. The highest BCUT2D eigenvalue weighted by atomic mass is 16.4. The third-order valence-electron chi connectivity index (χ3n) is 2.66. The Bertz CT molecular complexity index is 372. The lowest BCUT2D eigenvalue weighted by Crippen LogP contribution is -2.49. The fourth-order valence-corrected chi connectivity index (χ4v) is 1.65. The zero-order valence-corrected chi connectivity index (χ0v) is 9.64. The summed E-state index contributed by atoms with van der Waals surface area (Å²) in [5, 5.41) is 13.6. The first-order valence-electron chi connectivity index (χ1n) is 5.48. The molecule has 0 aromatic carbocycles. The van der Waals surface area contributed by atoms with Crippen LogP contribution in [-0.2, 0) is 19.2 Å². The highest BCUT2D eigenvalue weighted by Gasteiger charge is 2.29. The van der Waals surface area contributed by atoms with Gasteiger partial charge in [0.25, 0.3) is 0 Å². The van der Waals surface area contributed by atoms with Crippen LogP contribution in [0.2, 0.25) is 0 Å². The number of rotatable bonds is 5. The highest BCUT2D eigenvalue weighted by molar-refractivity contribution is 5.90. The monoisotopic (exact) mass is 257 g/mol. The van der Waals surface area contributed by atoms with Crippen LogP contribution in [0, 0.1) is 5.92 Å². The molecule has 1 aliphatic heterocycles. The molecule has 3 amide bonds. The van der Waals surface area contributed by atoms with Gasteiger partial charge in [0.15, 0.2) is 0 Å². The zero-order valence-electron chi connectivity index (χ0n) is 9.64. The molecule has 1 unspecified atom stereocenters. The van der Waals surface area contributed by atoms with Crippen molar-refractivity contribution in [2.24, 2.45) is 11.7 Å². The Labute approximate surface area is 103 Å². The van der Waals surface area contributed by atoms with Crippen LogP contribution in [0.5, 0.6) is 0 Å². The molecule has 0 aliphatic carbocycles. The van der Waals surface area contributed by atoms with Crippen LogP contribution < -0.4 is 16.4 Å². The topological polar surface area (TPSA) is 139 Å². The third kappa shape index (κ3) is 4.04. The Morgan fingerprint density at radius 2 is 2.17 bits per heavy atom. The summed E-state index contributed by atoms with van der Waals surface area (Å²) < 4.78 is 0. The first kappa shape index (κ1) is 13.9. The number of carbonyl (C=O) groups is 4. The van der Waals surface area contributed by atoms with E-state index >= 15 is 0 Å². The summed E-state index contributed by atoms with van der Waals surface area (Å²) in [4.78, 5) is 44.1. The fraction of sp³-hybridized carbons (Fsp3) is 0.600. The normalized spacial score (nSPS) is 20.7. The van der Waals surface area contributed by atoms with Crippen molar-refractivity contribution in [3.63, 3.8) is 0 Å². The predicted octanol–water partition coefficient (Wildman–Crippen LogP) is -2.04. The van der Waals surface area contributed by atoms with Crippen molar-refractivity contribution < 1.29 is 24.3 Å². The molecule has 0 spiro atoms. The van der Waals surface area contributed by atoms with Gasteiger partial charge in [0.2, 0.25) is 17.7 Å². The summed E-state index contributed by atoms with van der Waals surface area (Å²) in [6.07, 6.45) is 0.131. The molecule has 0 bridgehead atoms. The number of nitrogens with one attached hydrogen (secondary N) is 2. The van der Waals surface area contributed by atoms with E-state index < -0.39 is 36.2 Å². The molecule has 0 saturated carbocycles. The molecular formula is C10H15N3O5. The molecule has 1 saturated heterocycles. The number of hydrogen-bond donors (Lipinski definition) is 4. The summed E-state index contributed by atoms with van der Waals surface area (Å²) in [6.45, 7) is 0.174. The molecule has 0 aromatic heterocycles. The standard InChI is InChI=1S/C10H15N3O5/c11-7(14)3-6(10(17)18)13-9(16)5-1-2-8(15)12-4-5/h5-6H,1-4H2,(H2,11,14)(H,12,15)(H,13,16)(H,17,18)/t5?,6-/m0/s1. The van der Waals surface area contributed by atoms with Crippen LogP contribution in [-0.4, -0.2) is 41.4 Å². The Morgan fingerprint density at radius 1 is 1.50 bits per heavy atom. The molecule has 18 heavy (non-hydrogen) atoms. The number of amides is 3. The smallest absolute Gasteiger partial charge is 0.326 e. The van der Waals surface area contributed by atoms with Crippen molar-refractivity contribution in [1.82, 2.24) is 10.6 Å². The molecule has 2 atom stereocenters. The number of piperidine rings is 1. The van der Waals surface area contributed by atoms with E-state index in [1.165, 1.54) is 0 Å². The lowest BCUT2D eigenvalue weighted by Gasteiger charge is -2.23. The Balaban J connectivity index is 2.53. The predicted molar refractivity (Wildman–Crippen MR) is 59.1 cm³/mol. The lowest BCUT2D eigenvalue weighted by molar-refractivity contribution is -0.144. The van der Waals surface area contributed by atoms with Crippen LogP contribution in [0.3, 0.4) is 0 Å². The van der Waals surface area contributed by atoms with Gasteiger partial charge in [0.1, 0.15) is 6.04 Å². The molecule has 1 heterocycles. The maximum atomic E-state index is 11.7. The Kier molecular flexibility index (Phi) is 4.64. The maximum Gasteiger partial charge on any atom is 0.326 e. The van der Waals surface area contributed by atoms with Crippen molar-refractivity contribution in [3.8, 4) is 0 Å². The first-order valence-corrected chi connectivity index (χ1v) is 5.48. The minimum Gasteiger partial charge on any atom is -0.480 e. The molecule has 100 valence electrons. The lowest BCUT2D eigenvalue weighted by atomic mass is 9.98. The quantitative estimate of drug-likeness (QED) is 0.449. The van der Waals surface area contributed by atoms with Gasteiger partial charge < -0.3 is 21.5 Å². The minimum atomic E-state index is -1.33. The van der Waals surface area contributed by atoms with Crippen molar-refractivity contribution in [2.75, 3.05) is 6.54 Å². The number of carboxylic acid groups (broad SMARTS) is 1. The van der Waals surface area contributed by atoms with Gasteiger partial charge in [-0.2, -0.15) is 0 Å². The summed E-state index contributed by atoms with van der Waals surface area (Å²) >= 11 is 0. The molecule has 1 fully saturated rings. The maximum absolute atomic E-state index is 11.7. The van der Waals surface area contributed by atoms with Gasteiger partial charge in [-0.15, -0.1) is 0 Å². The van der Waals surface area contributed by atoms with Gasteiger partial charge in [-0.05, 0) is 6.42 Å². The van der Waals surface area contributed by atoms with Crippen LogP contribution in [0.25, 0.3) is 0 Å². The van der Waals surface area contributed by atoms with Gasteiger partial charge in [-0.25, -0.2) is 4.79 Å². The van der Waals surface area contributed by atoms with E-state index in [9.17, 15) is 19.2 Å². The minimum absolute atomic E-state index is 0.133. The van der Waals surface area contributed by atoms with E-state index in [1.54, 1.807) is 0 Å². The molecule has 8 heteroatoms. The molecule has 1 rings (SSSR count). The van der Waals surface area contributed by atoms with Crippen molar-refractivity contribution >= 4 is 23.7 Å². The first-order chi connectivity index (χ1) is 8.40. The molecule has 8 nitrogen and oxygen atoms in total. The average molecular weight is 257 g/mol. The van der Waals surface area contributed by atoms with E-state index in [0.29, 0.717) is 6.42 Å². The molecule has 0 aromatic rings. The number of primary amides is 1.